The third-order valence-electron chi connectivity index (χ3n) is 2.69. The third-order valence-corrected chi connectivity index (χ3v) is 2.69. The summed E-state index contributed by atoms with van der Waals surface area (Å²) in [6.45, 7) is 0. The van der Waals surface area contributed by atoms with E-state index in [1.807, 2.05) is 0 Å². The summed E-state index contributed by atoms with van der Waals surface area (Å²) < 4.78 is 31.1. The number of aliphatic hydroxyl groups is 1. The Morgan fingerprint density at radius 1 is 1.06 bits per heavy atom. The van der Waals surface area contributed by atoms with Gasteiger partial charge in [-0.3, -0.25) is 0 Å². The van der Waals surface area contributed by atoms with Gasteiger partial charge >= 0.3 is 0 Å². The van der Waals surface area contributed by atoms with Gasteiger partial charge in [0.25, 0.3) is 0 Å². The van der Waals surface area contributed by atoms with Gasteiger partial charge in [0.05, 0.1) is 7.11 Å². The largest absolute Gasteiger partial charge is 0.496 e. The fourth-order valence-corrected chi connectivity index (χ4v) is 1.75. The van der Waals surface area contributed by atoms with Gasteiger partial charge in [0.15, 0.2) is 11.6 Å². The van der Waals surface area contributed by atoms with Crippen molar-refractivity contribution in [3.8, 4) is 5.75 Å². The maximum atomic E-state index is 13.1. The Labute approximate surface area is 103 Å². The summed E-state index contributed by atoms with van der Waals surface area (Å²) >= 11 is 0. The van der Waals surface area contributed by atoms with E-state index in [1.165, 1.54) is 13.2 Å². The molecule has 0 aliphatic heterocycles. The maximum absolute atomic E-state index is 13.1. The van der Waals surface area contributed by atoms with Crippen LogP contribution in [0, 0.1) is 11.6 Å². The molecule has 0 saturated heterocycles. The zero-order valence-corrected chi connectivity index (χ0v) is 9.73. The monoisotopic (exact) mass is 250 g/mol. The predicted molar refractivity (Wildman–Crippen MR) is 63.4 cm³/mol. The molecule has 2 aromatic carbocycles. The topological polar surface area (TPSA) is 29.5 Å². The molecule has 0 saturated carbocycles. The van der Waals surface area contributed by atoms with E-state index in [1.54, 1.807) is 24.3 Å². The van der Waals surface area contributed by atoms with E-state index >= 15 is 0 Å². The molecule has 0 fully saturated rings. The number of aliphatic hydroxyl groups excluding tert-OH is 1. The van der Waals surface area contributed by atoms with Crippen LogP contribution in [-0.2, 0) is 0 Å². The minimum absolute atomic E-state index is 0.276. The molecular weight excluding hydrogens is 238 g/mol. The first kappa shape index (κ1) is 12.5. The summed E-state index contributed by atoms with van der Waals surface area (Å²) in [6, 6.07) is 10.2. The number of methoxy groups -OCH3 is 1. The van der Waals surface area contributed by atoms with Crippen molar-refractivity contribution >= 4 is 0 Å². The molecule has 2 aromatic rings. The summed E-state index contributed by atoms with van der Waals surface area (Å²) in [4.78, 5) is 0. The highest BCUT2D eigenvalue weighted by atomic mass is 19.2. The summed E-state index contributed by atoms with van der Waals surface area (Å²) in [7, 11) is 1.48. The van der Waals surface area contributed by atoms with E-state index in [0.29, 0.717) is 11.3 Å². The van der Waals surface area contributed by atoms with Crippen LogP contribution < -0.4 is 4.74 Å². The lowest BCUT2D eigenvalue weighted by molar-refractivity contribution is 0.214. The summed E-state index contributed by atoms with van der Waals surface area (Å²) in [6.07, 6.45) is -1.06. The molecular formula is C14H12F2O2. The minimum Gasteiger partial charge on any atom is -0.496 e. The Hall–Kier alpha value is -1.94. The Morgan fingerprint density at radius 3 is 2.44 bits per heavy atom. The van der Waals surface area contributed by atoms with Crippen LogP contribution in [0.15, 0.2) is 42.5 Å². The van der Waals surface area contributed by atoms with Crippen molar-refractivity contribution in [3.63, 3.8) is 0 Å². The number of para-hydroxylation sites is 1. The summed E-state index contributed by atoms with van der Waals surface area (Å²) in [5.74, 6) is -1.43. The van der Waals surface area contributed by atoms with Gasteiger partial charge in [-0.15, -0.1) is 0 Å². The number of benzene rings is 2. The second-order valence-electron chi connectivity index (χ2n) is 3.82. The standard InChI is InChI=1S/C14H12F2O2/c1-18-13-5-3-2-4-10(13)14(17)9-6-7-11(15)12(16)8-9/h2-8,14,17H,1H3. The fraction of sp³-hybridized carbons (Fsp3) is 0.143. The van der Waals surface area contributed by atoms with Crippen molar-refractivity contribution in [1.82, 2.24) is 0 Å². The molecule has 0 bridgehead atoms. The molecule has 0 aromatic heterocycles. The van der Waals surface area contributed by atoms with Crippen LogP contribution in [0.5, 0.6) is 5.75 Å². The van der Waals surface area contributed by atoms with Crippen molar-refractivity contribution in [3.05, 3.63) is 65.2 Å². The molecule has 1 unspecified atom stereocenters. The number of hydrogen-bond donors (Lipinski definition) is 1. The lowest BCUT2D eigenvalue weighted by Gasteiger charge is -2.15. The fourth-order valence-electron chi connectivity index (χ4n) is 1.75. The van der Waals surface area contributed by atoms with E-state index in [0.717, 1.165) is 12.1 Å². The molecule has 0 spiro atoms. The number of hydrogen-bond acceptors (Lipinski definition) is 2. The van der Waals surface area contributed by atoms with Crippen LogP contribution in [0.4, 0.5) is 8.78 Å². The first-order valence-electron chi connectivity index (χ1n) is 5.39. The number of halogens is 2. The zero-order valence-electron chi connectivity index (χ0n) is 9.73. The second-order valence-corrected chi connectivity index (χ2v) is 3.82. The van der Waals surface area contributed by atoms with Gasteiger partial charge in [-0.2, -0.15) is 0 Å². The summed E-state index contributed by atoms with van der Waals surface area (Å²) in [5.41, 5.74) is 0.782. The average Bonchev–Trinajstić information content (AvgIpc) is 2.41. The zero-order chi connectivity index (χ0) is 13.1. The molecule has 1 N–H and O–H groups in total. The van der Waals surface area contributed by atoms with Crippen LogP contribution in [-0.4, -0.2) is 12.2 Å². The van der Waals surface area contributed by atoms with E-state index in [-0.39, 0.29) is 5.56 Å². The molecule has 0 heterocycles. The first-order valence-corrected chi connectivity index (χ1v) is 5.39. The SMILES string of the molecule is COc1ccccc1C(O)c1ccc(F)c(F)c1. The van der Waals surface area contributed by atoms with Crippen LogP contribution in [0.2, 0.25) is 0 Å². The van der Waals surface area contributed by atoms with Crippen molar-refractivity contribution in [2.24, 2.45) is 0 Å². The van der Waals surface area contributed by atoms with E-state index < -0.39 is 17.7 Å². The molecule has 94 valence electrons. The second kappa shape index (κ2) is 5.14. The first-order chi connectivity index (χ1) is 8.63. The van der Waals surface area contributed by atoms with Gasteiger partial charge in [-0.1, -0.05) is 24.3 Å². The van der Waals surface area contributed by atoms with Gasteiger partial charge in [-0.05, 0) is 23.8 Å². The third kappa shape index (κ3) is 2.33. The number of rotatable bonds is 3. The molecule has 0 radical (unpaired) electrons. The maximum Gasteiger partial charge on any atom is 0.159 e. The van der Waals surface area contributed by atoms with Gasteiger partial charge in [-0.25, -0.2) is 8.78 Å². The van der Waals surface area contributed by atoms with Gasteiger partial charge in [0, 0.05) is 5.56 Å². The highest BCUT2D eigenvalue weighted by molar-refractivity contribution is 5.40. The highest BCUT2D eigenvalue weighted by Gasteiger charge is 2.16. The Bertz CT molecular complexity index is 555. The quantitative estimate of drug-likeness (QED) is 0.907. The van der Waals surface area contributed by atoms with Gasteiger partial charge in [0.1, 0.15) is 11.9 Å². The lowest BCUT2D eigenvalue weighted by Crippen LogP contribution is -2.03. The molecule has 0 aliphatic carbocycles. The Kier molecular flexibility index (Phi) is 3.58. The highest BCUT2D eigenvalue weighted by Crippen LogP contribution is 2.30. The molecule has 18 heavy (non-hydrogen) atoms. The van der Waals surface area contributed by atoms with Crippen LogP contribution in [0.25, 0.3) is 0 Å². The van der Waals surface area contributed by atoms with E-state index in [2.05, 4.69) is 0 Å². The molecule has 4 heteroatoms. The molecule has 2 nitrogen and oxygen atoms in total. The smallest absolute Gasteiger partial charge is 0.159 e. The Balaban J connectivity index is 2.41. The Morgan fingerprint density at radius 2 is 1.78 bits per heavy atom. The van der Waals surface area contributed by atoms with Crippen molar-refractivity contribution in [1.29, 1.82) is 0 Å². The van der Waals surface area contributed by atoms with E-state index in [4.69, 9.17) is 4.74 Å². The molecule has 0 amide bonds. The molecule has 0 aliphatic rings. The summed E-state index contributed by atoms with van der Waals surface area (Å²) in [5, 5.41) is 10.2. The van der Waals surface area contributed by atoms with Crippen molar-refractivity contribution < 1.29 is 18.6 Å². The van der Waals surface area contributed by atoms with Crippen molar-refractivity contribution in [2.75, 3.05) is 7.11 Å². The van der Waals surface area contributed by atoms with Crippen molar-refractivity contribution in [2.45, 2.75) is 6.10 Å². The van der Waals surface area contributed by atoms with E-state index in [9.17, 15) is 13.9 Å². The molecule has 2 rings (SSSR count). The van der Waals surface area contributed by atoms with Crippen LogP contribution >= 0.6 is 0 Å². The minimum atomic E-state index is -1.06. The van der Waals surface area contributed by atoms with Gasteiger partial charge < -0.3 is 9.84 Å². The van der Waals surface area contributed by atoms with Crippen LogP contribution in [0.1, 0.15) is 17.2 Å². The average molecular weight is 250 g/mol. The van der Waals surface area contributed by atoms with Crippen LogP contribution in [0.3, 0.4) is 0 Å². The normalized spacial score (nSPS) is 12.2. The molecule has 1 atom stereocenters. The lowest BCUT2D eigenvalue weighted by atomic mass is 10.0. The van der Waals surface area contributed by atoms with Gasteiger partial charge in [0.2, 0.25) is 0 Å². The number of ether oxygens (including phenoxy) is 1. The predicted octanol–water partition coefficient (Wildman–Crippen LogP) is 3.06.